The highest BCUT2D eigenvalue weighted by Crippen LogP contribution is 2.38. The number of hydrogen-bond acceptors (Lipinski definition) is 6. The fourth-order valence-corrected chi connectivity index (χ4v) is 3.84. The van der Waals surface area contributed by atoms with Crippen molar-refractivity contribution in [3.63, 3.8) is 0 Å². The summed E-state index contributed by atoms with van der Waals surface area (Å²) in [6, 6.07) is 8.85. The van der Waals surface area contributed by atoms with Crippen LogP contribution in [-0.2, 0) is 16.6 Å². The molecule has 2 aromatic heterocycles. The molecule has 0 amide bonds. The first-order chi connectivity index (χ1) is 12.5. The minimum Gasteiger partial charge on any atom is -0.308 e. The minimum atomic E-state index is -3.90. The number of fused-ring (bicyclic) bond motifs is 1. The van der Waals surface area contributed by atoms with Crippen LogP contribution in [0.15, 0.2) is 47.5 Å². The third-order valence-electron chi connectivity index (χ3n) is 4.19. The van der Waals surface area contributed by atoms with E-state index in [1.165, 1.54) is 18.2 Å². The van der Waals surface area contributed by atoms with Gasteiger partial charge in [0.1, 0.15) is 11.3 Å². The number of rotatable bonds is 6. The molecule has 2 heterocycles. The summed E-state index contributed by atoms with van der Waals surface area (Å²) in [7, 11) is -3.90. The molecule has 0 unspecified atom stereocenters. The summed E-state index contributed by atoms with van der Waals surface area (Å²) in [5, 5.41) is 10.9. The van der Waals surface area contributed by atoms with Crippen LogP contribution in [-0.4, -0.2) is 27.9 Å². The van der Waals surface area contributed by atoms with Crippen LogP contribution in [0.4, 0.5) is 5.69 Å². The van der Waals surface area contributed by atoms with Crippen LogP contribution in [0.1, 0.15) is 24.7 Å². The zero-order chi connectivity index (χ0) is 18.3. The molecule has 1 aliphatic rings. The third kappa shape index (κ3) is 3.04. The number of benzene rings is 1. The van der Waals surface area contributed by atoms with Gasteiger partial charge < -0.3 is 4.57 Å². The molecular formula is C16H15N5O4S. The maximum atomic E-state index is 12.5. The predicted molar refractivity (Wildman–Crippen MR) is 92.9 cm³/mol. The highest BCUT2D eigenvalue weighted by Gasteiger charge is 2.29. The normalized spacial score (nSPS) is 14.6. The number of aromatic nitrogens is 3. The van der Waals surface area contributed by atoms with Crippen LogP contribution in [0.25, 0.3) is 11.2 Å². The van der Waals surface area contributed by atoms with Crippen LogP contribution in [0, 0.1) is 10.1 Å². The molecule has 1 N–H and O–H groups in total. The molecule has 26 heavy (non-hydrogen) atoms. The molecule has 1 fully saturated rings. The summed E-state index contributed by atoms with van der Waals surface area (Å²) in [6.45, 7) is -0.0160. The average Bonchev–Trinajstić information content (AvgIpc) is 3.40. The van der Waals surface area contributed by atoms with Crippen molar-refractivity contribution in [1.29, 1.82) is 0 Å². The molecule has 0 saturated heterocycles. The van der Waals surface area contributed by atoms with Crippen molar-refractivity contribution in [3.05, 3.63) is 58.5 Å². The Morgan fingerprint density at radius 1 is 1.27 bits per heavy atom. The van der Waals surface area contributed by atoms with E-state index < -0.39 is 14.9 Å². The van der Waals surface area contributed by atoms with Gasteiger partial charge in [-0.3, -0.25) is 10.1 Å². The molecule has 0 bridgehead atoms. The van der Waals surface area contributed by atoms with Crippen LogP contribution in [0.2, 0.25) is 0 Å². The van der Waals surface area contributed by atoms with Crippen molar-refractivity contribution in [2.75, 3.05) is 0 Å². The maximum Gasteiger partial charge on any atom is 0.270 e. The smallest absolute Gasteiger partial charge is 0.270 e. The number of nitro groups is 1. The molecule has 9 nitrogen and oxygen atoms in total. The first-order valence-electron chi connectivity index (χ1n) is 8.02. The van der Waals surface area contributed by atoms with Gasteiger partial charge >= 0.3 is 0 Å². The van der Waals surface area contributed by atoms with Crippen molar-refractivity contribution in [2.45, 2.75) is 30.3 Å². The standard InChI is InChI=1S/C16H15N5O4S/c22-21(23)12-3-1-4-13(9-12)26(24,25)18-10-15-19-14-5-2-8-17-16(14)20(15)11-6-7-11/h1-5,8-9,11,18H,6-7,10H2. The number of nitrogens with one attached hydrogen (secondary N) is 1. The topological polar surface area (TPSA) is 120 Å². The SMILES string of the molecule is O=[N+]([O-])c1cccc(S(=O)(=O)NCc2nc3cccnc3n2C2CC2)c1. The van der Waals surface area contributed by atoms with E-state index in [0.29, 0.717) is 11.3 Å². The zero-order valence-electron chi connectivity index (χ0n) is 13.6. The highest BCUT2D eigenvalue weighted by molar-refractivity contribution is 7.89. The number of non-ortho nitro benzene ring substituents is 1. The second-order valence-electron chi connectivity index (χ2n) is 6.05. The lowest BCUT2D eigenvalue weighted by molar-refractivity contribution is -0.385. The molecule has 134 valence electrons. The second kappa shape index (κ2) is 6.15. The summed E-state index contributed by atoms with van der Waals surface area (Å²) in [5.41, 5.74) is 1.17. The Morgan fingerprint density at radius 2 is 2.08 bits per heavy atom. The molecule has 10 heteroatoms. The van der Waals surface area contributed by atoms with E-state index in [4.69, 9.17) is 0 Å². The van der Waals surface area contributed by atoms with E-state index >= 15 is 0 Å². The van der Waals surface area contributed by atoms with Crippen LogP contribution in [0.3, 0.4) is 0 Å². The lowest BCUT2D eigenvalue weighted by Crippen LogP contribution is -2.25. The number of pyridine rings is 1. The van der Waals surface area contributed by atoms with Gasteiger partial charge in [0.2, 0.25) is 10.0 Å². The van der Waals surface area contributed by atoms with Gasteiger partial charge in [0, 0.05) is 24.4 Å². The van der Waals surface area contributed by atoms with E-state index in [2.05, 4.69) is 14.7 Å². The van der Waals surface area contributed by atoms with Crippen molar-refractivity contribution in [3.8, 4) is 0 Å². The van der Waals surface area contributed by atoms with E-state index in [-0.39, 0.29) is 23.2 Å². The number of nitrogens with zero attached hydrogens (tertiary/aromatic N) is 4. The summed E-state index contributed by atoms with van der Waals surface area (Å²) >= 11 is 0. The Kier molecular flexibility index (Phi) is 3.93. The Labute approximate surface area is 148 Å². The number of imidazole rings is 1. The Balaban J connectivity index is 1.63. The molecule has 3 aromatic rings. The fourth-order valence-electron chi connectivity index (χ4n) is 2.82. The van der Waals surface area contributed by atoms with E-state index in [1.807, 2.05) is 10.6 Å². The Morgan fingerprint density at radius 3 is 2.81 bits per heavy atom. The number of nitro benzene ring substituents is 1. The van der Waals surface area contributed by atoms with Gasteiger partial charge in [0.15, 0.2) is 5.65 Å². The molecule has 1 saturated carbocycles. The zero-order valence-corrected chi connectivity index (χ0v) is 14.4. The van der Waals surface area contributed by atoms with Gasteiger partial charge in [-0.15, -0.1) is 0 Å². The van der Waals surface area contributed by atoms with Gasteiger partial charge in [-0.25, -0.2) is 23.1 Å². The molecule has 0 spiro atoms. The number of hydrogen-bond donors (Lipinski definition) is 1. The minimum absolute atomic E-state index is 0.0160. The van der Waals surface area contributed by atoms with Gasteiger partial charge in [-0.1, -0.05) is 6.07 Å². The third-order valence-corrected chi connectivity index (χ3v) is 5.59. The average molecular weight is 373 g/mol. The lowest BCUT2D eigenvalue weighted by atomic mass is 10.3. The van der Waals surface area contributed by atoms with Gasteiger partial charge in [0.05, 0.1) is 16.4 Å². The predicted octanol–water partition coefficient (Wildman–Crippen LogP) is 2.15. The second-order valence-corrected chi connectivity index (χ2v) is 7.82. The van der Waals surface area contributed by atoms with Gasteiger partial charge in [-0.2, -0.15) is 0 Å². The molecule has 1 aromatic carbocycles. The number of sulfonamides is 1. The van der Waals surface area contributed by atoms with E-state index in [1.54, 1.807) is 12.3 Å². The van der Waals surface area contributed by atoms with Crippen LogP contribution >= 0.6 is 0 Å². The van der Waals surface area contributed by atoms with Gasteiger partial charge in [-0.05, 0) is 31.0 Å². The monoisotopic (exact) mass is 373 g/mol. The van der Waals surface area contributed by atoms with Crippen molar-refractivity contribution in [1.82, 2.24) is 19.3 Å². The Hall–Kier alpha value is -2.85. The summed E-state index contributed by atoms with van der Waals surface area (Å²) in [4.78, 5) is 18.9. The molecule has 1 aliphatic carbocycles. The van der Waals surface area contributed by atoms with Crippen molar-refractivity contribution in [2.24, 2.45) is 0 Å². The molecule has 0 atom stereocenters. The maximum absolute atomic E-state index is 12.5. The van der Waals surface area contributed by atoms with Crippen LogP contribution < -0.4 is 4.72 Å². The highest BCUT2D eigenvalue weighted by atomic mass is 32.2. The fraction of sp³-hybridized carbons (Fsp3) is 0.250. The first-order valence-corrected chi connectivity index (χ1v) is 9.50. The Bertz CT molecular complexity index is 1100. The first kappa shape index (κ1) is 16.6. The molecule has 0 radical (unpaired) electrons. The summed E-state index contributed by atoms with van der Waals surface area (Å²) in [6.07, 6.45) is 3.69. The van der Waals surface area contributed by atoms with E-state index in [9.17, 15) is 18.5 Å². The van der Waals surface area contributed by atoms with Gasteiger partial charge in [0.25, 0.3) is 5.69 Å². The largest absolute Gasteiger partial charge is 0.308 e. The quantitative estimate of drug-likeness (QED) is 0.522. The molecule has 0 aliphatic heterocycles. The van der Waals surface area contributed by atoms with Crippen molar-refractivity contribution >= 4 is 26.9 Å². The summed E-state index contributed by atoms with van der Waals surface area (Å²) < 4.78 is 29.5. The summed E-state index contributed by atoms with van der Waals surface area (Å²) in [5.74, 6) is 0.579. The molecular weight excluding hydrogens is 358 g/mol. The van der Waals surface area contributed by atoms with Crippen LogP contribution in [0.5, 0.6) is 0 Å². The van der Waals surface area contributed by atoms with Crippen molar-refractivity contribution < 1.29 is 13.3 Å². The van der Waals surface area contributed by atoms with E-state index in [0.717, 1.165) is 24.6 Å². The molecule has 4 rings (SSSR count). The lowest BCUT2D eigenvalue weighted by Gasteiger charge is -2.09.